The van der Waals surface area contributed by atoms with Crippen LogP contribution >= 0.6 is 0 Å². The van der Waals surface area contributed by atoms with Crippen molar-refractivity contribution in [3.63, 3.8) is 0 Å². The van der Waals surface area contributed by atoms with E-state index in [-0.39, 0.29) is 0 Å². The lowest BCUT2D eigenvalue weighted by Gasteiger charge is -2.21. The molecule has 0 N–H and O–H groups in total. The average Bonchev–Trinajstić information content (AvgIpc) is 2.17. The molecular formula is C10H17F3O2. The highest BCUT2D eigenvalue weighted by molar-refractivity contribution is 5.75. The van der Waals surface area contributed by atoms with Crippen LogP contribution in [0.3, 0.4) is 0 Å². The number of esters is 1. The van der Waals surface area contributed by atoms with E-state index in [0.29, 0.717) is 6.42 Å². The molecule has 0 bridgehead atoms. The van der Waals surface area contributed by atoms with E-state index in [1.807, 2.05) is 0 Å². The number of carbonyl (C=O) groups is 1. The summed E-state index contributed by atoms with van der Waals surface area (Å²) in [6.07, 6.45) is -0.208. The summed E-state index contributed by atoms with van der Waals surface area (Å²) in [6.45, 7) is 2.98. The zero-order chi connectivity index (χ0) is 12.1. The van der Waals surface area contributed by atoms with Crippen LogP contribution in [0.2, 0.25) is 0 Å². The molecule has 0 aliphatic heterocycles. The fourth-order valence-electron chi connectivity index (χ4n) is 0.700. The van der Waals surface area contributed by atoms with E-state index in [4.69, 9.17) is 0 Å². The quantitative estimate of drug-likeness (QED) is 0.651. The molecule has 0 fully saturated rings. The number of carbonyl (C=O) groups excluding carboxylic acids is 1. The maximum Gasteiger partial charge on any atom is 0.311 e. The van der Waals surface area contributed by atoms with Gasteiger partial charge in [0, 0.05) is 6.42 Å². The second-order valence-electron chi connectivity index (χ2n) is 4.11. The summed E-state index contributed by atoms with van der Waals surface area (Å²) >= 11 is 0. The Hall–Kier alpha value is -0.740. The van der Waals surface area contributed by atoms with Gasteiger partial charge in [0.2, 0.25) is 0 Å². The number of rotatable bonds is 6. The van der Waals surface area contributed by atoms with Crippen molar-refractivity contribution in [3.05, 3.63) is 0 Å². The van der Waals surface area contributed by atoms with Crippen LogP contribution in [0.1, 0.15) is 33.6 Å². The minimum Gasteiger partial charge on any atom is -0.465 e. The van der Waals surface area contributed by atoms with Gasteiger partial charge in [0.25, 0.3) is 5.92 Å². The number of ether oxygens (including phenoxy) is 1. The number of hydrogen-bond acceptors (Lipinski definition) is 2. The van der Waals surface area contributed by atoms with Crippen molar-refractivity contribution < 1.29 is 22.7 Å². The Kier molecular flexibility index (Phi) is 5.11. The normalized spacial score (nSPS) is 12.7. The summed E-state index contributed by atoms with van der Waals surface area (Å²) in [7, 11) is 0. The third-order valence-electron chi connectivity index (χ3n) is 2.33. The van der Waals surface area contributed by atoms with Crippen LogP contribution in [-0.2, 0) is 9.53 Å². The van der Waals surface area contributed by atoms with Crippen LogP contribution in [0.25, 0.3) is 0 Å². The van der Waals surface area contributed by atoms with Crippen molar-refractivity contribution in [2.24, 2.45) is 5.41 Å². The Bertz CT molecular complexity index is 215. The number of halogens is 3. The van der Waals surface area contributed by atoms with Crippen LogP contribution in [0, 0.1) is 5.41 Å². The molecule has 0 unspecified atom stereocenters. The van der Waals surface area contributed by atoms with Gasteiger partial charge < -0.3 is 4.74 Å². The first-order valence-electron chi connectivity index (χ1n) is 4.86. The summed E-state index contributed by atoms with van der Waals surface area (Å²) in [4.78, 5) is 11.3. The molecule has 0 amide bonds. The molecule has 2 nitrogen and oxygen atoms in total. The van der Waals surface area contributed by atoms with Gasteiger partial charge in [0.15, 0.2) is 6.67 Å². The van der Waals surface area contributed by atoms with E-state index < -0.39 is 37.0 Å². The lowest BCUT2D eigenvalue weighted by atomic mass is 9.91. The van der Waals surface area contributed by atoms with Crippen molar-refractivity contribution in [1.82, 2.24) is 0 Å². The van der Waals surface area contributed by atoms with Gasteiger partial charge in [0.1, 0.15) is 0 Å². The molecule has 0 aromatic heterocycles. The molecule has 0 aliphatic rings. The fraction of sp³-hybridized carbons (Fsp3) is 0.900. The standard InChI is InChI=1S/C10H17F3O2/c1-4-9(2,3)8(14)15-6-5-10(12,13)7-11/h4-7H2,1-3H3. The summed E-state index contributed by atoms with van der Waals surface area (Å²) in [5.74, 6) is -3.92. The maximum absolute atomic E-state index is 12.4. The van der Waals surface area contributed by atoms with E-state index in [1.54, 1.807) is 20.8 Å². The van der Waals surface area contributed by atoms with Crippen LogP contribution in [-0.4, -0.2) is 25.2 Å². The zero-order valence-corrected chi connectivity index (χ0v) is 9.28. The van der Waals surface area contributed by atoms with E-state index in [2.05, 4.69) is 4.74 Å². The van der Waals surface area contributed by atoms with Gasteiger partial charge in [-0.05, 0) is 20.3 Å². The van der Waals surface area contributed by atoms with Crippen molar-refractivity contribution in [1.29, 1.82) is 0 Å². The summed E-state index contributed by atoms with van der Waals surface area (Å²) in [5, 5.41) is 0. The molecule has 0 atom stereocenters. The molecule has 0 aromatic carbocycles. The van der Waals surface area contributed by atoms with Crippen LogP contribution in [0.5, 0.6) is 0 Å². The Morgan fingerprint density at radius 2 is 1.87 bits per heavy atom. The fourth-order valence-corrected chi connectivity index (χ4v) is 0.700. The molecule has 0 saturated carbocycles. The first kappa shape index (κ1) is 14.3. The van der Waals surface area contributed by atoms with Gasteiger partial charge in [-0.15, -0.1) is 0 Å². The molecule has 0 spiro atoms. The van der Waals surface area contributed by atoms with Crippen LogP contribution in [0.15, 0.2) is 0 Å². The van der Waals surface area contributed by atoms with Gasteiger partial charge in [0.05, 0.1) is 12.0 Å². The molecule has 0 radical (unpaired) electrons. The molecular weight excluding hydrogens is 209 g/mol. The lowest BCUT2D eigenvalue weighted by Crippen LogP contribution is -2.28. The highest BCUT2D eigenvalue weighted by Gasteiger charge is 2.31. The Labute approximate surface area is 87.8 Å². The minimum atomic E-state index is -3.39. The molecule has 90 valence electrons. The summed E-state index contributed by atoms with van der Waals surface area (Å²) in [6, 6.07) is 0. The van der Waals surface area contributed by atoms with Gasteiger partial charge >= 0.3 is 5.97 Å². The third kappa shape index (κ3) is 5.04. The first-order chi connectivity index (χ1) is 6.75. The van der Waals surface area contributed by atoms with Gasteiger partial charge in [-0.2, -0.15) is 0 Å². The Morgan fingerprint density at radius 1 is 1.33 bits per heavy atom. The molecule has 0 saturated heterocycles. The molecule has 0 rings (SSSR count). The third-order valence-corrected chi connectivity index (χ3v) is 2.33. The first-order valence-corrected chi connectivity index (χ1v) is 4.86. The summed E-state index contributed by atoms with van der Waals surface area (Å²) < 4.78 is 41.2. The topological polar surface area (TPSA) is 26.3 Å². The maximum atomic E-state index is 12.4. The van der Waals surface area contributed by atoms with Gasteiger partial charge in [-0.1, -0.05) is 6.92 Å². The van der Waals surface area contributed by atoms with Crippen molar-refractivity contribution in [2.75, 3.05) is 13.3 Å². The predicted molar refractivity (Wildman–Crippen MR) is 50.6 cm³/mol. The second kappa shape index (κ2) is 5.37. The predicted octanol–water partition coefficient (Wildman–Crippen LogP) is 2.96. The number of hydrogen-bond donors (Lipinski definition) is 0. The SMILES string of the molecule is CCC(C)(C)C(=O)OCCC(F)(F)CF. The van der Waals surface area contributed by atoms with E-state index in [1.165, 1.54) is 0 Å². The van der Waals surface area contributed by atoms with E-state index in [9.17, 15) is 18.0 Å². The highest BCUT2D eigenvalue weighted by Crippen LogP contribution is 2.23. The van der Waals surface area contributed by atoms with Crippen LogP contribution in [0.4, 0.5) is 13.2 Å². The smallest absolute Gasteiger partial charge is 0.311 e. The van der Waals surface area contributed by atoms with E-state index in [0.717, 1.165) is 0 Å². The largest absolute Gasteiger partial charge is 0.465 e. The van der Waals surface area contributed by atoms with E-state index >= 15 is 0 Å². The van der Waals surface area contributed by atoms with Crippen molar-refractivity contribution >= 4 is 5.97 Å². The number of alkyl halides is 3. The monoisotopic (exact) mass is 226 g/mol. The minimum absolute atomic E-state index is 0.445. The molecule has 15 heavy (non-hydrogen) atoms. The molecule has 5 heteroatoms. The Balaban J connectivity index is 3.93. The molecule has 0 heterocycles. The average molecular weight is 226 g/mol. The zero-order valence-electron chi connectivity index (χ0n) is 9.28. The molecule has 0 aliphatic carbocycles. The van der Waals surface area contributed by atoms with Crippen molar-refractivity contribution in [2.45, 2.75) is 39.5 Å². The van der Waals surface area contributed by atoms with Crippen molar-refractivity contribution in [3.8, 4) is 0 Å². The highest BCUT2D eigenvalue weighted by atomic mass is 19.3. The van der Waals surface area contributed by atoms with Crippen LogP contribution < -0.4 is 0 Å². The second-order valence-corrected chi connectivity index (χ2v) is 4.11. The molecule has 0 aromatic rings. The lowest BCUT2D eigenvalue weighted by molar-refractivity contribution is -0.156. The summed E-state index contributed by atoms with van der Waals surface area (Å²) in [5.41, 5.74) is -0.676. The van der Waals surface area contributed by atoms with Gasteiger partial charge in [-0.25, -0.2) is 13.2 Å². The van der Waals surface area contributed by atoms with Gasteiger partial charge in [-0.3, -0.25) is 4.79 Å². The Morgan fingerprint density at radius 3 is 2.27 bits per heavy atom.